The van der Waals surface area contributed by atoms with Crippen LogP contribution in [0.15, 0.2) is 65.7 Å². The lowest BCUT2D eigenvalue weighted by Gasteiger charge is -2.10. The molecule has 3 rings (SSSR count). The van der Waals surface area contributed by atoms with Crippen molar-refractivity contribution >= 4 is 50.7 Å². The van der Waals surface area contributed by atoms with Crippen molar-refractivity contribution in [2.45, 2.75) is 13.0 Å². The van der Waals surface area contributed by atoms with Gasteiger partial charge in [0.15, 0.2) is 0 Å². The van der Waals surface area contributed by atoms with E-state index in [1.165, 1.54) is 0 Å². The number of imidazole rings is 1. The number of aromatic nitrogens is 2. The smallest absolute Gasteiger partial charge is 0.255 e. The van der Waals surface area contributed by atoms with Crippen LogP contribution >= 0.6 is 27.5 Å². The van der Waals surface area contributed by atoms with E-state index in [9.17, 15) is 9.59 Å². The van der Waals surface area contributed by atoms with Crippen LogP contribution in [0.4, 0.5) is 11.4 Å². The summed E-state index contributed by atoms with van der Waals surface area (Å²) in [6.07, 6.45) is 5.43. The number of anilines is 2. The molecule has 0 unspecified atom stereocenters. The van der Waals surface area contributed by atoms with Gasteiger partial charge in [-0.1, -0.05) is 33.6 Å². The predicted octanol–water partition coefficient (Wildman–Crippen LogP) is 4.58. The highest BCUT2D eigenvalue weighted by Gasteiger charge is 2.10. The van der Waals surface area contributed by atoms with Gasteiger partial charge in [-0.3, -0.25) is 9.59 Å². The number of hydrogen-bond acceptors (Lipinski definition) is 3. The lowest BCUT2D eigenvalue weighted by atomic mass is 10.1. The molecule has 0 saturated heterocycles. The van der Waals surface area contributed by atoms with Gasteiger partial charge in [0.2, 0.25) is 5.91 Å². The molecule has 2 N–H and O–H groups in total. The molecule has 0 fully saturated rings. The number of benzene rings is 2. The minimum atomic E-state index is -0.311. The van der Waals surface area contributed by atoms with Gasteiger partial charge < -0.3 is 15.2 Å². The topological polar surface area (TPSA) is 76.0 Å². The first-order chi connectivity index (χ1) is 13.0. The number of aryl methyl sites for hydroxylation is 1. The lowest BCUT2D eigenvalue weighted by molar-refractivity contribution is -0.116. The Morgan fingerprint density at radius 2 is 2.00 bits per heavy atom. The predicted molar refractivity (Wildman–Crippen MR) is 109 cm³/mol. The summed E-state index contributed by atoms with van der Waals surface area (Å²) in [5, 5.41) is 5.99. The normalized spacial score (nSPS) is 10.4. The van der Waals surface area contributed by atoms with Gasteiger partial charge in [-0.05, 0) is 36.4 Å². The van der Waals surface area contributed by atoms with Crippen LogP contribution < -0.4 is 10.6 Å². The number of halogens is 2. The Bertz CT molecular complexity index is 960. The van der Waals surface area contributed by atoms with Gasteiger partial charge in [-0.2, -0.15) is 0 Å². The summed E-state index contributed by atoms with van der Waals surface area (Å²) in [5.41, 5.74) is 1.49. The Morgan fingerprint density at radius 3 is 2.74 bits per heavy atom. The van der Waals surface area contributed by atoms with Crippen LogP contribution in [0, 0.1) is 0 Å². The zero-order valence-electron chi connectivity index (χ0n) is 14.2. The van der Waals surface area contributed by atoms with Crippen LogP contribution in [0.3, 0.4) is 0 Å². The van der Waals surface area contributed by atoms with Crippen LogP contribution in [0.2, 0.25) is 5.02 Å². The van der Waals surface area contributed by atoms with E-state index < -0.39 is 0 Å². The van der Waals surface area contributed by atoms with E-state index in [-0.39, 0.29) is 11.8 Å². The Hall–Kier alpha value is -2.64. The second-order valence-corrected chi connectivity index (χ2v) is 7.08. The summed E-state index contributed by atoms with van der Waals surface area (Å²) in [7, 11) is 0. The van der Waals surface area contributed by atoms with E-state index in [4.69, 9.17) is 11.6 Å². The van der Waals surface area contributed by atoms with Gasteiger partial charge in [0.1, 0.15) is 0 Å². The third kappa shape index (κ3) is 5.42. The summed E-state index contributed by atoms with van der Waals surface area (Å²) in [6, 6.07) is 11.9. The molecule has 0 atom stereocenters. The van der Waals surface area contributed by atoms with E-state index in [1.54, 1.807) is 61.2 Å². The highest BCUT2D eigenvalue weighted by atomic mass is 79.9. The number of nitrogens with one attached hydrogen (secondary N) is 2. The van der Waals surface area contributed by atoms with Gasteiger partial charge in [0, 0.05) is 41.1 Å². The average molecular weight is 448 g/mol. The Labute approximate surface area is 169 Å². The largest absolute Gasteiger partial charge is 0.337 e. The van der Waals surface area contributed by atoms with Gasteiger partial charge in [-0.25, -0.2) is 4.98 Å². The zero-order chi connectivity index (χ0) is 19.2. The maximum Gasteiger partial charge on any atom is 0.255 e. The van der Waals surface area contributed by atoms with E-state index in [2.05, 4.69) is 31.5 Å². The number of carbonyl (C=O) groups excluding carboxylic acids is 2. The first-order valence-corrected chi connectivity index (χ1v) is 9.30. The first-order valence-electron chi connectivity index (χ1n) is 8.13. The van der Waals surface area contributed by atoms with E-state index in [0.717, 1.165) is 4.47 Å². The minimum Gasteiger partial charge on any atom is -0.337 e. The molecule has 6 nitrogen and oxygen atoms in total. The second-order valence-electron chi connectivity index (χ2n) is 5.76. The molecule has 0 aliphatic carbocycles. The summed E-state index contributed by atoms with van der Waals surface area (Å²) in [6.45, 7) is 0.536. The number of rotatable bonds is 6. The fourth-order valence-corrected chi connectivity index (χ4v) is 3.12. The highest BCUT2D eigenvalue weighted by molar-refractivity contribution is 9.10. The van der Waals surface area contributed by atoms with Crippen molar-refractivity contribution in [1.29, 1.82) is 0 Å². The summed E-state index contributed by atoms with van der Waals surface area (Å²) >= 11 is 9.45. The first kappa shape index (κ1) is 19.1. The molecular weight excluding hydrogens is 432 g/mol. The minimum absolute atomic E-state index is 0.141. The van der Waals surface area contributed by atoms with Gasteiger partial charge in [-0.15, -0.1) is 0 Å². The molecule has 0 aliphatic rings. The summed E-state index contributed by atoms with van der Waals surface area (Å²) < 4.78 is 2.65. The number of hydrogen-bond donors (Lipinski definition) is 2. The Kier molecular flexibility index (Phi) is 6.26. The quantitative estimate of drug-likeness (QED) is 0.581. The molecule has 1 heterocycles. The second kappa shape index (κ2) is 8.83. The molecule has 8 heteroatoms. The van der Waals surface area contributed by atoms with Crippen molar-refractivity contribution in [3.05, 3.63) is 76.2 Å². The average Bonchev–Trinajstić information content (AvgIpc) is 3.16. The van der Waals surface area contributed by atoms with Crippen molar-refractivity contribution in [3.63, 3.8) is 0 Å². The standard InChI is InChI=1S/C19H16BrClN4O2/c20-14-4-5-17(16(21)11-14)24-19(27)13-2-1-3-15(10-13)23-18(26)6-8-25-9-7-22-12-25/h1-5,7,9-12H,6,8H2,(H,23,26)(H,24,27). The molecule has 138 valence electrons. The van der Waals surface area contributed by atoms with Gasteiger partial charge in [0.05, 0.1) is 17.0 Å². The molecule has 0 radical (unpaired) electrons. The molecule has 3 aromatic rings. The number of amides is 2. The van der Waals surface area contributed by atoms with Crippen LogP contribution in [-0.4, -0.2) is 21.4 Å². The fraction of sp³-hybridized carbons (Fsp3) is 0.105. The van der Waals surface area contributed by atoms with Crippen LogP contribution in [0.5, 0.6) is 0 Å². The van der Waals surface area contributed by atoms with Crippen LogP contribution in [0.1, 0.15) is 16.8 Å². The molecule has 2 aromatic carbocycles. The SMILES string of the molecule is O=C(CCn1ccnc1)Nc1cccc(C(=O)Nc2ccc(Br)cc2Cl)c1. The van der Waals surface area contributed by atoms with E-state index >= 15 is 0 Å². The molecule has 2 amide bonds. The molecule has 0 saturated carbocycles. The monoisotopic (exact) mass is 446 g/mol. The maximum absolute atomic E-state index is 12.5. The van der Waals surface area contributed by atoms with Crippen molar-refractivity contribution in [1.82, 2.24) is 9.55 Å². The van der Waals surface area contributed by atoms with Gasteiger partial charge >= 0.3 is 0 Å². The van der Waals surface area contributed by atoms with E-state index in [0.29, 0.717) is 34.9 Å². The summed E-state index contributed by atoms with van der Waals surface area (Å²) in [4.78, 5) is 28.5. The number of carbonyl (C=O) groups is 2. The Balaban J connectivity index is 1.62. The van der Waals surface area contributed by atoms with Crippen molar-refractivity contribution in [2.75, 3.05) is 10.6 Å². The maximum atomic E-state index is 12.5. The van der Waals surface area contributed by atoms with Crippen molar-refractivity contribution in [3.8, 4) is 0 Å². The number of nitrogens with zero attached hydrogens (tertiary/aromatic N) is 2. The fourth-order valence-electron chi connectivity index (χ4n) is 2.40. The zero-order valence-corrected chi connectivity index (χ0v) is 16.5. The lowest BCUT2D eigenvalue weighted by Crippen LogP contribution is -2.16. The molecule has 0 aliphatic heterocycles. The molecular formula is C19H16BrClN4O2. The van der Waals surface area contributed by atoms with Crippen molar-refractivity contribution in [2.24, 2.45) is 0 Å². The third-order valence-electron chi connectivity index (χ3n) is 3.74. The van der Waals surface area contributed by atoms with Crippen molar-refractivity contribution < 1.29 is 9.59 Å². The Morgan fingerprint density at radius 1 is 1.15 bits per heavy atom. The summed E-state index contributed by atoms with van der Waals surface area (Å²) in [5.74, 6) is -0.453. The third-order valence-corrected chi connectivity index (χ3v) is 4.55. The molecule has 27 heavy (non-hydrogen) atoms. The van der Waals surface area contributed by atoms with Crippen LogP contribution in [0.25, 0.3) is 0 Å². The van der Waals surface area contributed by atoms with Gasteiger partial charge in [0.25, 0.3) is 5.91 Å². The molecule has 1 aromatic heterocycles. The molecule has 0 spiro atoms. The van der Waals surface area contributed by atoms with Crippen LogP contribution in [-0.2, 0) is 11.3 Å². The highest BCUT2D eigenvalue weighted by Crippen LogP contribution is 2.26. The van der Waals surface area contributed by atoms with E-state index in [1.807, 2.05) is 4.57 Å². The molecule has 0 bridgehead atoms.